The molecule has 8 heteroatoms. The Labute approximate surface area is 177 Å². The number of carbonyl (C=O) groups is 1. The molecule has 2 rings (SSSR count). The van der Waals surface area contributed by atoms with Crippen molar-refractivity contribution in [3.05, 3.63) is 64.7 Å². The molecule has 154 valence electrons. The van der Waals surface area contributed by atoms with Gasteiger partial charge in [0.15, 0.2) is 9.84 Å². The highest BCUT2D eigenvalue weighted by molar-refractivity contribution is 7.91. The van der Waals surface area contributed by atoms with E-state index in [4.69, 9.17) is 16.9 Å². The Bertz CT molecular complexity index is 983. The van der Waals surface area contributed by atoms with Gasteiger partial charge in [-0.15, -0.1) is 0 Å². The minimum absolute atomic E-state index is 0.115. The molecule has 0 aromatic heterocycles. The normalized spacial score (nSPS) is 11.3. The molecule has 0 N–H and O–H groups in total. The molecule has 2 aromatic rings. The molecule has 0 spiro atoms. The molecule has 0 saturated carbocycles. The molecule has 0 heterocycles. The molecule has 0 aliphatic heterocycles. The summed E-state index contributed by atoms with van der Waals surface area (Å²) in [5.41, 5.74) is 1.35. The Hall–Kier alpha value is -2.40. The van der Waals surface area contributed by atoms with Gasteiger partial charge in [0.25, 0.3) is 0 Å². The molecule has 0 saturated heterocycles. The summed E-state index contributed by atoms with van der Waals surface area (Å²) < 4.78 is 25.0. The Morgan fingerprint density at radius 2 is 1.79 bits per heavy atom. The number of benzene rings is 2. The van der Waals surface area contributed by atoms with Crippen molar-refractivity contribution < 1.29 is 13.2 Å². The number of carbonyl (C=O) groups excluding carboxylic acids is 1. The highest BCUT2D eigenvalue weighted by atomic mass is 35.5. The lowest BCUT2D eigenvalue weighted by atomic mass is 10.1. The summed E-state index contributed by atoms with van der Waals surface area (Å²) >= 11 is 5.81. The molecule has 0 atom stereocenters. The van der Waals surface area contributed by atoms with Crippen LogP contribution in [0, 0.1) is 11.3 Å². The number of likely N-dealkylation sites (N-methyl/N-ethyl adjacent to an activating group) is 1. The summed E-state index contributed by atoms with van der Waals surface area (Å²) in [6.07, 6.45) is -0.115. The average molecular weight is 434 g/mol. The number of nitriles is 1. The zero-order valence-corrected chi connectivity index (χ0v) is 18.1. The molecule has 1 amide bonds. The lowest BCUT2D eigenvalue weighted by Gasteiger charge is -2.25. The number of amides is 1. The van der Waals surface area contributed by atoms with Gasteiger partial charge in [-0.2, -0.15) is 5.26 Å². The standard InChI is InChI=1S/C21H24ClN3O3S/c1-24(2)11-12-25(16-18-5-3-4-17(14-18)15-23)21(26)10-13-29(27,28)20-8-6-19(22)7-9-20/h3-9,14H,10-13,16H2,1-2H3. The molecule has 0 fully saturated rings. The van der Waals surface area contributed by atoms with Crippen molar-refractivity contribution in [2.45, 2.75) is 17.9 Å². The number of halogens is 1. The summed E-state index contributed by atoms with van der Waals surface area (Å²) in [6.45, 7) is 1.43. The maximum absolute atomic E-state index is 12.8. The molecule has 0 unspecified atom stereocenters. The van der Waals surface area contributed by atoms with Crippen LogP contribution in [0.15, 0.2) is 53.4 Å². The maximum atomic E-state index is 12.8. The molecule has 0 aliphatic rings. The lowest BCUT2D eigenvalue weighted by Crippen LogP contribution is -2.37. The first-order valence-electron chi connectivity index (χ1n) is 9.11. The zero-order chi connectivity index (χ0) is 21.4. The van der Waals surface area contributed by atoms with Gasteiger partial charge in [0.2, 0.25) is 5.91 Å². The highest BCUT2D eigenvalue weighted by Gasteiger charge is 2.20. The summed E-state index contributed by atoms with van der Waals surface area (Å²) in [4.78, 5) is 16.5. The second-order valence-electron chi connectivity index (χ2n) is 6.95. The SMILES string of the molecule is CN(C)CCN(Cc1cccc(C#N)c1)C(=O)CCS(=O)(=O)c1ccc(Cl)cc1. The molecule has 0 aliphatic carbocycles. The first kappa shape index (κ1) is 22.9. The van der Waals surface area contributed by atoms with Crippen molar-refractivity contribution in [2.75, 3.05) is 32.9 Å². The van der Waals surface area contributed by atoms with Crippen LogP contribution < -0.4 is 0 Å². The molecule has 2 aromatic carbocycles. The topological polar surface area (TPSA) is 81.5 Å². The predicted octanol–water partition coefficient (Wildman–Crippen LogP) is 2.97. The fourth-order valence-electron chi connectivity index (χ4n) is 2.71. The van der Waals surface area contributed by atoms with Gasteiger partial charge < -0.3 is 9.80 Å². The smallest absolute Gasteiger partial charge is 0.223 e. The van der Waals surface area contributed by atoms with Crippen LogP contribution in [0.2, 0.25) is 5.02 Å². The number of hydrogen-bond donors (Lipinski definition) is 0. The van der Waals surface area contributed by atoms with Crippen molar-refractivity contribution in [3.8, 4) is 6.07 Å². The third kappa shape index (κ3) is 7.17. The van der Waals surface area contributed by atoms with E-state index in [0.29, 0.717) is 30.2 Å². The van der Waals surface area contributed by atoms with Crippen molar-refractivity contribution in [2.24, 2.45) is 0 Å². The van der Waals surface area contributed by atoms with Crippen molar-refractivity contribution >= 4 is 27.3 Å². The van der Waals surface area contributed by atoms with Gasteiger partial charge in [0.1, 0.15) is 0 Å². The van der Waals surface area contributed by atoms with Crippen LogP contribution in [-0.2, 0) is 21.2 Å². The van der Waals surface area contributed by atoms with Gasteiger partial charge in [-0.3, -0.25) is 4.79 Å². The third-order valence-electron chi connectivity index (χ3n) is 4.36. The quantitative estimate of drug-likeness (QED) is 0.607. The van der Waals surface area contributed by atoms with Crippen molar-refractivity contribution in [1.82, 2.24) is 9.80 Å². The van der Waals surface area contributed by atoms with E-state index < -0.39 is 9.84 Å². The lowest BCUT2D eigenvalue weighted by molar-refractivity contribution is -0.131. The van der Waals surface area contributed by atoms with E-state index in [1.54, 1.807) is 23.1 Å². The number of hydrogen-bond acceptors (Lipinski definition) is 5. The minimum atomic E-state index is -3.58. The number of sulfone groups is 1. The van der Waals surface area contributed by atoms with Gasteiger partial charge in [-0.1, -0.05) is 23.7 Å². The number of nitrogens with zero attached hydrogens (tertiary/aromatic N) is 3. The summed E-state index contributed by atoms with van der Waals surface area (Å²) in [7, 11) is 0.233. The minimum Gasteiger partial charge on any atom is -0.337 e. The van der Waals surface area contributed by atoms with Gasteiger partial charge in [0, 0.05) is 31.1 Å². The van der Waals surface area contributed by atoms with E-state index in [9.17, 15) is 13.2 Å². The fourth-order valence-corrected chi connectivity index (χ4v) is 4.07. The molecular weight excluding hydrogens is 410 g/mol. The first-order valence-corrected chi connectivity index (χ1v) is 11.1. The zero-order valence-electron chi connectivity index (χ0n) is 16.5. The fraction of sp³-hybridized carbons (Fsp3) is 0.333. The van der Waals surface area contributed by atoms with Gasteiger partial charge in [0.05, 0.1) is 22.3 Å². The second kappa shape index (κ2) is 10.4. The van der Waals surface area contributed by atoms with E-state index >= 15 is 0 Å². The Kier molecular flexibility index (Phi) is 8.21. The summed E-state index contributed by atoms with van der Waals surface area (Å²) in [6, 6.07) is 15.1. The predicted molar refractivity (Wildman–Crippen MR) is 113 cm³/mol. The van der Waals surface area contributed by atoms with E-state index in [1.807, 2.05) is 25.1 Å². The van der Waals surface area contributed by atoms with Crippen LogP contribution in [-0.4, -0.2) is 57.1 Å². The Morgan fingerprint density at radius 1 is 1.10 bits per heavy atom. The van der Waals surface area contributed by atoms with E-state index in [0.717, 1.165) is 5.56 Å². The maximum Gasteiger partial charge on any atom is 0.223 e. The van der Waals surface area contributed by atoms with Gasteiger partial charge in [-0.05, 0) is 56.1 Å². The monoisotopic (exact) mass is 433 g/mol. The van der Waals surface area contributed by atoms with Gasteiger partial charge in [-0.25, -0.2) is 8.42 Å². The average Bonchev–Trinajstić information content (AvgIpc) is 2.69. The molecular formula is C21H24ClN3O3S. The van der Waals surface area contributed by atoms with Gasteiger partial charge >= 0.3 is 0 Å². The highest BCUT2D eigenvalue weighted by Crippen LogP contribution is 2.17. The van der Waals surface area contributed by atoms with E-state index in [1.165, 1.54) is 24.3 Å². The van der Waals surface area contributed by atoms with Crippen LogP contribution in [0.25, 0.3) is 0 Å². The van der Waals surface area contributed by atoms with Crippen molar-refractivity contribution in [1.29, 1.82) is 5.26 Å². The Balaban J connectivity index is 2.10. The van der Waals surface area contributed by atoms with Crippen LogP contribution in [0.4, 0.5) is 0 Å². The summed E-state index contributed by atoms with van der Waals surface area (Å²) in [5.74, 6) is -0.517. The third-order valence-corrected chi connectivity index (χ3v) is 6.34. The van der Waals surface area contributed by atoms with Crippen LogP contribution in [0.5, 0.6) is 0 Å². The van der Waals surface area contributed by atoms with Crippen LogP contribution in [0.1, 0.15) is 17.5 Å². The molecule has 0 bridgehead atoms. The van der Waals surface area contributed by atoms with E-state index in [-0.39, 0.29) is 23.0 Å². The molecule has 6 nitrogen and oxygen atoms in total. The van der Waals surface area contributed by atoms with Crippen LogP contribution >= 0.6 is 11.6 Å². The van der Waals surface area contributed by atoms with Crippen molar-refractivity contribution in [3.63, 3.8) is 0 Å². The Morgan fingerprint density at radius 3 is 2.41 bits per heavy atom. The molecule has 0 radical (unpaired) electrons. The first-order chi connectivity index (χ1) is 13.7. The second-order valence-corrected chi connectivity index (χ2v) is 9.50. The number of rotatable bonds is 9. The largest absolute Gasteiger partial charge is 0.337 e. The summed E-state index contributed by atoms with van der Waals surface area (Å²) in [5, 5.41) is 9.52. The van der Waals surface area contributed by atoms with E-state index in [2.05, 4.69) is 6.07 Å². The molecule has 29 heavy (non-hydrogen) atoms. The van der Waals surface area contributed by atoms with Crippen LogP contribution in [0.3, 0.4) is 0 Å².